The Morgan fingerprint density at radius 3 is 2.31 bits per heavy atom. The SMILES string of the molecule is CCn1c(C)c(C(=O)C(C)N(CCOC)C(=O)C2CCCC2)c(C)c1C(=O)OC. The summed E-state index contributed by atoms with van der Waals surface area (Å²) in [5, 5.41) is 0. The molecule has 1 aromatic heterocycles. The van der Waals surface area contributed by atoms with Crippen LogP contribution >= 0.6 is 0 Å². The molecule has 1 atom stereocenters. The maximum atomic E-state index is 13.5. The molecule has 1 fully saturated rings. The van der Waals surface area contributed by atoms with Gasteiger partial charge in [0.1, 0.15) is 5.69 Å². The van der Waals surface area contributed by atoms with Crippen molar-refractivity contribution in [1.29, 1.82) is 0 Å². The number of methoxy groups -OCH3 is 2. The van der Waals surface area contributed by atoms with Crippen LogP contribution in [0.1, 0.15) is 71.6 Å². The number of aromatic nitrogens is 1. The van der Waals surface area contributed by atoms with Crippen LogP contribution in [0.25, 0.3) is 0 Å². The first kappa shape index (κ1) is 23.1. The van der Waals surface area contributed by atoms with E-state index in [4.69, 9.17) is 9.47 Å². The van der Waals surface area contributed by atoms with Crippen LogP contribution < -0.4 is 0 Å². The molecule has 0 radical (unpaired) electrons. The third kappa shape index (κ3) is 4.55. The van der Waals surface area contributed by atoms with Crippen molar-refractivity contribution in [2.45, 2.75) is 66.0 Å². The molecule has 1 aliphatic carbocycles. The smallest absolute Gasteiger partial charge is 0.354 e. The lowest BCUT2D eigenvalue weighted by Crippen LogP contribution is -2.47. The molecule has 1 heterocycles. The first-order valence-electron chi connectivity index (χ1n) is 10.4. The number of Topliss-reactive ketones (excluding diaryl/α,β-unsaturated/α-hetero) is 1. The Morgan fingerprint density at radius 2 is 1.79 bits per heavy atom. The molecule has 1 unspecified atom stereocenters. The van der Waals surface area contributed by atoms with Gasteiger partial charge in [-0.3, -0.25) is 9.59 Å². The molecular formula is C22H34N2O5. The molecule has 7 heteroatoms. The maximum absolute atomic E-state index is 13.5. The molecule has 7 nitrogen and oxygen atoms in total. The Bertz CT molecular complexity index is 762. The third-order valence-electron chi connectivity index (χ3n) is 6.08. The summed E-state index contributed by atoms with van der Waals surface area (Å²) in [4.78, 5) is 40.6. The van der Waals surface area contributed by atoms with Gasteiger partial charge in [-0.15, -0.1) is 0 Å². The molecule has 2 rings (SSSR count). The summed E-state index contributed by atoms with van der Waals surface area (Å²) in [6.45, 7) is 8.58. The van der Waals surface area contributed by atoms with Crippen LogP contribution in [-0.2, 0) is 20.8 Å². The van der Waals surface area contributed by atoms with Gasteiger partial charge >= 0.3 is 5.97 Å². The number of rotatable bonds is 9. The summed E-state index contributed by atoms with van der Waals surface area (Å²) in [6, 6.07) is -0.631. The number of nitrogens with zero attached hydrogens (tertiary/aromatic N) is 2. The Labute approximate surface area is 173 Å². The molecular weight excluding hydrogens is 372 g/mol. The summed E-state index contributed by atoms with van der Waals surface area (Å²) in [5.41, 5.74) is 2.23. The topological polar surface area (TPSA) is 77.8 Å². The second kappa shape index (κ2) is 10.1. The second-order valence-electron chi connectivity index (χ2n) is 7.72. The molecule has 1 saturated carbocycles. The average molecular weight is 407 g/mol. The monoisotopic (exact) mass is 406 g/mol. The lowest BCUT2D eigenvalue weighted by Gasteiger charge is -2.30. The van der Waals surface area contributed by atoms with E-state index in [9.17, 15) is 14.4 Å². The number of hydrogen-bond acceptors (Lipinski definition) is 5. The number of amides is 1. The van der Waals surface area contributed by atoms with Crippen LogP contribution in [0, 0.1) is 19.8 Å². The van der Waals surface area contributed by atoms with E-state index < -0.39 is 12.0 Å². The molecule has 0 aliphatic heterocycles. The fourth-order valence-electron chi connectivity index (χ4n) is 4.46. The van der Waals surface area contributed by atoms with E-state index in [0.717, 1.165) is 31.4 Å². The van der Waals surface area contributed by atoms with Crippen LogP contribution in [-0.4, -0.2) is 60.5 Å². The quantitative estimate of drug-likeness (QED) is 0.465. The minimum Gasteiger partial charge on any atom is -0.464 e. The highest BCUT2D eigenvalue weighted by molar-refractivity contribution is 6.06. The van der Waals surface area contributed by atoms with Gasteiger partial charge in [0.15, 0.2) is 5.78 Å². The fourth-order valence-corrected chi connectivity index (χ4v) is 4.46. The predicted octanol–water partition coefficient (Wildman–Crippen LogP) is 3.15. The van der Waals surface area contributed by atoms with Gasteiger partial charge in [-0.05, 0) is 46.1 Å². The van der Waals surface area contributed by atoms with Crippen LogP contribution in [0.15, 0.2) is 0 Å². The Hall–Kier alpha value is -2.15. The summed E-state index contributed by atoms with van der Waals surface area (Å²) < 4.78 is 11.9. The highest BCUT2D eigenvalue weighted by atomic mass is 16.5. The van der Waals surface area contributed by atoms with Crippen molar-refractivity contribution >= 4 is 17.7 Å². The van der Waals surface area contributed by atoms with E-state index in [1.807, 2.05) is 13.8 Å². The van der Waals surface area contributed by atoms with Gasteiger partial charge < -0.3 is 18.9 Å². The first-order valence-corrected chi connectivity index (χ1v) is 10.4. The largest absolute Gasteiger partial charge is 0.464 e. The van der Waals surface area contributed by atoms with Crippen LogP contribution in [0.5, 0.6) is 0 Å². The minimum absolute atomic E-state index is 0.0184. The van der Waals surface area contributed by atoms with Crippen LogP contribution in [0.3, 0.4) is 0 Å². The van der Waals surface area contributed by atoms with Gasteiger partial charge in [-0.25, -0.2) is 4.79 Å². The van der Waals surface area contributed by atoms with E-state index in [2.05, 4.69) is 0 Å². The molecule has 0 saturated heterocycles. The zero-order chi connectivity index (χ0) is 21.7. The number of carbonyl (C=O) groups is 3. The fraction of sp³-hybridized carbons (Fsp3) is 0.682. The highest BCUT2D eigenvalue weighted by Crippen LogP contribution is 2.29. The van der Waals surface area contributed by atoms with Gasteiger partial charge in [0.25, 0.3) is 0 Å². The second-order valence-corrected chi connectivity index (χ2v) is 7.72. The van der Waals surface area contributed by atoms with Gasteiger partial charge in [0, 0.05) is 37.4 Å². The standard InChI is InChI=1S/C22H34N2O5/c1-7-23-15(3)18(14(2)19(23)22(27)29-6)20(25)16(4)24(12-13-28-5)21(26)17-10-8-9-11-17/h16-17H,7-13H2,1-6H3. The molecule has 162 valence electrons. The molecule has 1 aromatic rings. The van der Waals surface area contributed by atoms with Crippen molar-refractivity contribution in [2.75, 3.05) is 27.4 Å². The number of ketones is 1. The third-order valence-corrected chi connectivity index (χ3v) is 6.08. The Kier molecular flexibility index (Phi) is 8.02. The maximum Gasteiger partial charge on any atom is 0.354 e. The molecule has 0 aromatic carbocycles. The van der Waals surface area contributed by atoms with E-state index in [-0.39, 0.29) is 17.6 Å². The van der Waals surface area contributed by atoms with E-state index >= 15 is 0 Å². The number of hydrogen-bond donors (Lipinski definition) is 0. The normalized spacial score (nSPS) is 15.4. The van der Waals surface area contributed by atoms with Crippen molar-refractivity contribution in [3.8, 4) is 0 Å². The Morgan fingerprint density at radius 1 is 1.17 bits per heavy atom. The lowest BCUT2D eigenvalue weighted by molar-refractivity contribution is -0.137. The molecule has 1 aliphatic rings. The van der Waals surface area contributed by atoms with Crippen molar-refractivity contribution in [1.82, 2.24) is 9.47 Å². The van der Waals surface area contributed by atoms with Gasteiger partial charge in [0.05, 0.1) is 19.8 Å². The summed E-state index contributed by atoms with van der Waals surface area (Å²) >= 11 is 0. The lowest BCUT2D eigenvalue weighted by atomic mass is 9.98. The van der Waals surface area contributed by atoms with Crippen molar-refractivity contribution < 1.29 is 23.9 Å². The summed E-state index contributed by atoms with van der Waals surface area (Å²) in [6.07, 6.45) is 3.85. The Balaban J connectivity index is 2.40. The highest BCUT2D eigenvalue weighted by Gasteiger charge is 2.35. The first-order chi connectivity index (χ1) is 13.8. The van der Waals surface area contributed by atoms with E-state index in [0.29, 0.717) is 36.5 Å². The number of carbonyl (C=O) groups excluding carboxylic acids is 3. The van der Waals surface area contributed by atoms with Crippen molar-refractivity contribution in [3.05, 3.63) is 22.5 Å². The van der Waals surface area contributed by atoms with Gasteiger partial charge in [-0.2, -0.15) is 0 Å². The molecule has 1 amide bonds. The molecule has 0 spiro atoms. The van der Waals surface area contributed by atoms with Crippen LogP contribution in [0.4, 0.5) is 0 Å². The zero-order valence-electron chi connectivity index (χ0n) is 18.5. The average Bonchev–Trinajstić information content (AvgIpc) is 3.33. The van der Waals surface area contributed by atoms with Crippen molar-refractivity contribution in [2.24, 2.45) is 5.92 Å². The number of ether oxygens (including phenoxy) is 2. The van der Waals surface area contributed by atoms with Crippen molar-refractivity contribution in [3.63, 3.8) is 0 Å². The molecule has 29 heavy (non-hydrogen) atoms. The summed E-state index contributed by atoms with van der Waals surface area (Å²) in [5.74, 6) is -0.605. The van der Waals surface area contributed by atoms with E-state index in [1.165, 1.54) is 7.11 Å². The zero-order valence-corrected chi connectivity index (χ0v) is 18.5. The number of esters is 1. The van der Waals surface area contributed by atoms with Gasteiger partial charge in [-0.1, -0.05) is 12.8 Å². The minimum atomic E-state index is -0.631. The van der Waals surface area contributed by atoms with Gasteiger partial charge in [0.2, 0.25) is 5.91 Å². The van der Waals surface area contributed by atoms with Crippen LogP contribution in [0.2, 0.25) is 0 Å². The predicted molar refractivity (Wildman–Crippen MR) is 110 cm³/mol. The summed E-state index contributed by atoms with van der Waals surface area (Å²) in [7, 11) is 2.92. The molecule has 0 N–H and O–H groups in total. The van der Waals surface area contributed by atoms with E-state index in [1.54, 1.807) is 30.4 Å². The molecule has 0 bridgehead atoms.